The molecule has 2 N–H and O–H groups in total. The summed E-state index contributed by atoms with van der Waals surface area (Å²) in [6.07, 6.45) is 3.96. The summed E-state index contributed by atoms with van der Waals surface area (Å²) < 4.78 is 10.4. The van der Waals surface area contributed by atoms with Crippen molar-refractivity contribution in [2.24, 2.45) is 0 Å². The number of benzene rings is 1. The van der Waals surface area contributed by atoms with Crippen LogP contribution in [0.4, 0.5) is 0 Å². The van der Waals surface area contributed by atoms with Crippen molar-refractivity contribution in [1.82, 2.24) is 10.3 Å². The summed E-state index contributed by atoms with van der Waals surface area (Å²) in [7, 11) is 3.17. The van der Waals surface area contributed by atoms with Gasteiger partial charge in [0.2, 0.25) is 5.91 Å². The predicted molar refractivity (Wildman–Crippen MR) is 75.9 cm³/mol. The second-order valence-corrected chi connectivity index (χ2v) is 4.35. The molecule has 0 spiro atoms. The number of rotatable bonds is 6. The molecule has 20 heavy (non-hydrogen) atoms. The molecule has 1 amide bonds. The minimum atomic E-state index is -0.0466. The first-order valence-electron chi connectivity index (χ1n) is 6.32. The zero-order valence-corrected chi connectivity index (χ0v) is 11.6. The summed E-state index contributed by atoms with van der Waals surface area (Å²) in [5.74, 6) is 1.31. The third kappa shape index (κ3) is 3.54. The van der Waals surface area contributed by atoms with Crippen molar-refractivity contribution in [3.63, 3.8) is 0 Å². The molecule has 0 atom stereocenters. The van der Waals surface area contributed by atoms with Gasteiger partial charge in [0.15, 0.2) is 0 Å². The Morgan fingerprint density at radius 2 is 2.10 bits per heavy atom. The van der Waals surface area contributed by atoms with E-state index >= 15 is 0 Å². The lowest BCUT2D eigenvalue weighted by atomic mass is 10.1. The van der Waals surface area contributed by atoms with E-state index in [1.54, 1.807) is 20.3 Å². The van der Waals surface area contributed by atoms with Gasteiger partial charge in [0, 0.05) is 30.6 Å². The van der Waals surface area contributed by atoms with Gasteiger partial charge in [0.25, 0.3) is 0 Å². The molecule has 0 aliphatic heterocycles. The minimum Gasteiger partial charge on any atom is -0.497 e. The topological polar surface area (TPSA) is 63.3 Å². The number of hydrogen-bond donors (Lipinski definition) is 2. The molecule has 0 fully saturated rings. The molecule has 2 aromatic rings. The van der Waals surface area contributed by atoms with Crippen LogP contribution in [0, 0.1) is 0 Å². The van der Waals surface area contributed by atoms with Gasteiger partial charge in [-0.15, -0.1) is 0 Å². The number of ether oxygens (including phenoxy) is 2. The van der Waals surface area contributed by atoms with Crippen LogP contribution in [0.1, 0.15) is 11.1 Å². The fourth-order valence-corrected chi connectivity index (χ4v) is 1.90. The molecule has 1 aromatic carbocycles. The molecule has 0 aliphatic carbocycles. The number of carbonyl (C=O) groups is 1. The number of methoxy groups -OCH3 is 2. The van der Waals surface area contributed by atoms with Gasteiger partial charge in [-0.25, -0.2) is 0 Å². The highest BCUT2D eigenvalue weighted by molar-refractivity contribution is 5.79. The van der Waals surface area contributed by atoms with Crippen molar-refractivity contribution in [3.05, 3.63) is 47.8 Å². The van der Waals surface area contributed by atoms with Crippen LogP contribution >= 0.6 is 0 Å². The van der Waals surface area contributed by atoms with Crippen LogP contribution in [0.2, 0.25) is 0 Å². The van der Waals surface area contributed by atoms with E-state index in [4.69, 9.17) is 9.47 Å². The molecule has 1 aromatic heterocycles. The van der Waals surface area contributed by atoms with Gasteiger partial charge in [0.05, 0.1) is 20.6 Å². The summed E-state index contributed by atoms with van der Waals surface area (Å²) >= 11 is 0. The highest BCUT2D eigenvalue weighted by Gasteiger charge is 2.10. The van der Waals surface area contributed by atoms with E-state index in [1.165, 1.54) is 0 Å². The van der Waals surface area contributed by atoms with Gasteiger partial charge in [-0.2, -0.15) is 0 Å². The lowest BCUT2D eigenvalue weighted by Gasteiger charge is -2.10. The first kappa shape index (κ1) is 14.0. The smallest absolute Gasteiger partial charge is 0.224 e. The van der Waals surface area contributed by atoms with Crippen LogP contribution in [-0.2, 0) is 17.8 Å². The summed E-state index contributed by atoms with van der Waals surface area (Å²) in [5, 5.41) is 2.87. The fourth-order valence-electron chi connectivity index (χ4n) is 1.90. The number of aromatic amines is 1. The Labute approximate surface area is 117 Å². The largest absolute Gasteiger partial charge is 0.497 e. The summed E-state index contributed by atoms with van der Waals surface area (Å²) in [6.45, 7) is 0.515. The Balaban J connectivity index is 1.96. The second kappa shape index (κ2) is 6.65. The molecule has 106 valence electrons. The number of hydrogen-bond acceptors (Lipinski definition) is 3. The van der Waals surface area contributed by atoms with Crippen LogP contribution in [0.5, 0.6) is 11.5 Å². The number of aromatic nitrogens is 1. The molecule has 0 radical (unpaired) electrons. The van der Waals surface area contributed by atoms with E-state index in [0.29, 0.717) is 18.0 Å². The molecular formula is C15H18N2O3. The number of carbonyl (C=O) groups excluding carboxylic acids is 1. The molecule has 0 unspecified atom stereocenters. The monoisotopic (exact) mass is 274 g/mol. The average molecular weight is 274 g/mol. The highest BCUT2D eigenvalue weighted by Crippen LogP contribution is 2.24. The quantitative estimate of drug-likeness (QED) is 0.845. The standard InChI is InChI=1S/C15H18N2O3/c1-19-13-4-3-12(14(8-13)20-2)7-15(18)17-10-11-5-6-16-9-11/h3-6,8-9,16H,7,10H2,1-2H3,(H,17,18). The molecule has 0 bridgehead atoms. The first-order chi connectivity index (χ1) is 9.72. The van der Waals surface area contributed by atoms with Gasteiger partial charge in [-0.05, 0) is 17.7 Å². The normalized spacial score (nSPS) is 10.1. The third-order valence-electron chi connectivity index (χ3n) is 3.00. The Bertz CT molecular complexity index is 565. The third-order valence-corrected chi connectivity index (χ3v) is 3.00. The minimum absolute atomic E-state index is 0.0466. The Morgan fingerprint density at radius 3 is 2.75 bits per heavy atom. The fraction of sp³-hybridized carbons (Fsp3) is 0.267. The number of amides is 1. The molecule has 0 saturated carbocycles. The van der Waals surface area contributed by atoms with Crippen LogP contribution in [0.15, 0.2) is 36.7 Å². The second-order valence-electron chi connectivity index (χ2n) is 4.35. The molecule has 1 heterocycles. The van der Waals surface area contributed by atoms with Crippen LogP contribution in [-0.4, -0.2) is 25.1 Å². The van der Waals surface area contributed by atoms with Crippen molar-refractivity contribution >= 4 is 5.91 Å². The van der Waals surface area contributed by atoms with Crippen LogP contribution in [0.25, 0.3) is 0 Å². The van der Waals surface area contributed by atoms with E-state index in [-0.39, 0.29) is 12.3 Å². The Kier molecular flexibility index (Phi) is 4.65. The summed E-state index contributed by atoms with van der Waals surface area (Å²) in [5.41, 5.74) is 1.87. The Hall–Kier alpha value is -2.43. The van der Waals surface area contributed by atoms with E-state index in [1.807, 2.05) is 30.6 Å². The predicted octanol–water partition coefficient (Wildman–Crippen LogP) is 1.89. The van der Waals surface area contributed by atoms with Crippen molar-refractivity contribution < 1.29 is 14.3 Å². The maximum atomic E-state index is 11.9. The van der Waals surface area contributed by atoms with Crippen LogP contribution < -0.4 is 14.8 Å². The number of nitrogens with one attached hydrogen (secondary N) is 2. The maximum absolute atomic E-state index is 11.9. The zero-order valence-electron chi connectivity index (χ0n) is 11.6. The maximum Gasteiger partial charge on any atom is 0.224 e. The van der Waals surface area contributed by atoms with E-state index < -0.39 is 0 Å². The molecular weight excluding hydrogens is 256 g/mol. The van der Waals surface area contributed by atoms with Crippen molar-refractivity contribution in [3.8, 4) is 11.5 Å². The van der Waals surface area contributed by atoms with E-state index in [0.717, 1.165) is 11.1 Å². The van der Waals surface area contributed by atoms with Gasteiger partial charge in [0.1, 0.15) is 11.5 Å². The highest BCUT2D eigenvalue weighted by atomic mass is 16.5. The summed E-state index contributed by atoms with van der Waals surface area (Å²) in [4.78, 5) is 14.9. The zero-order chi connectivity index (χ0) is 14.4. The molecule has 5 nitrogen and oxygen atoms in total. The Morgan fingerprint density at radius 1 is 1.25 bits per heavy atom. The number of H-pyrrole nitrogens is 1. The lowest BCUT2D eigenvalue weighted by molar-refractivity contribution is -0.120. The van der Waals surface area contributed by atoms with Gasteiger partial charge >= 0.3 is 0 Å². The first-order valence-corrected chi connectivity index (χ1v) is 6.32. The van der Waals surface area contributed by atoms with Gasteiger partial charge in [-0.3, -0.25) is 4.79 Å². The molecule has 0 saturated heterocycles. The van der Waals surface area contributed by atoms with Crippen LogP contribution in [0.3, 0.4) is 0 Å². The SMILES string of the molecule is COc1ccc(CC(=O)NCc2cc[nH]c2)c(OC)c1. The van der Waals surface area contributed by atoms with Crippen molar-refractivity contribution in [2.45, 2.75) is 13.0 Å². The van der Waals surface area contributed by atoms with E-state index in [2.05, 4.69) is 10.3 Å². The lowest BCUT2D eigenvalue weighted by Crippen LogP contribution is -2.24. The molecule has 0 aliphatic rings. The summed E-state index contributed by atoms with van der Waals surface area (Å²) in [6, 6.07) is 7.36. The van der Waals surface area contributed by atoms with Gasteiger partial charge in [-0.1, -0.05) is 6.07 Å². The van der Waals surface area contributed by atoms with Crippen molar-refractivity contribution in [1.29, 1.82) is 0 Å². The molecule has 2 rings (SSSR count). The van der Waals surface area contributed by atoms with Gasteiger partial charge < -0.3 is 19.8 Å². The van der Waals surface area contributed by atoms with E-state index in [9.17, 15) is 4.79 Å². The average Bonchev–Trinajstić information content (AvgIpc) is 2.99. The van der Waals surface area contributed by atoms with Crippen molar-refractivity contribution in [2.75, 3.05) is 14.2 Å². The molecule has 5 heteroatoms.